The molecular formula is C25H25N3O. The van der Waals surface area contributed by atoms with Crippen molar-refractivity contribution in [2.45, 2.75) is 33.2 Å². The van der Waals surface area contributed by atoms with Crippen LogP contribution in [0, 0.1) is 13.8 Å². The van der Waals surface area contributed by atoms with Crippen LogP contribution in [0.3, 0.4) is 0 Å². The zero-order valence-electron chi connectivity index (χ0n) is 17.0. The lowest BCUT2D eigenvalue weighted by Gasteiger charge is -2.22. The van der Waals surface area contributed by atoms with E-state index in [1.807, 2.05) is 50.2 Å². The number of anilines is 1. The largest absolute Gasteiger partial charge is 0.505 e. The van der Waals surface area contributed by atoms with Gasteiger partial charge in [-0.05, 0) is 55.2 Å². The molecule has 0 amide bonds. The fraction of sp³-hybridized carbons (Fsp3) is 0.200. The second-order valence-corrected chi connectivity index (χ2v) is 7.42. The number of nitrogens with one attached hydrogen (secondary N) is 1. The Bertz CT molecular complexity index is 1150. The minimum Gasteiger partial charge on any atom is -0.505 e. The van der Waals surface area contributed by atoms with Crippen LogP contribution in [0.25, 0.3) is 10.9 Å². The fourth-order valence-corrected chi connectivity index (χ4v) is 3.57. The van der Waals surface area contributed by atoms with E-state index in [0.29, 0.717) is 5.52 Å². The first-order valence-electron chi connectivity index (χ1n) is 9.92. The molecule has 2 aromatic carbocycles. The number of pyridine rings is 2. The van der Waals surface area contributed by atoms with Gasteiger partial charge < -0.3 is 10.4 Å². The number of nitrogens with zero attached hydrogens (tertiary/aromatic N) is 2. The maximum absolute atomic E-state index is 11.1. The lowest BCUT2D eigenvalue weighted by Crippen LogP contribution is -2.14. The van der Waals surface area contributed by atoms with E-state index < -0.39 is 0 Å². The van der Waals surface area contributed by atoms with Gasteiger partial charge in [-0.3, -0.25) is 0 Å². The van der Waals surface area contributed by atoms with E-state index in [9.17, 15) is 5.11 Å². The second kappa shape index (κ2) is 7.92. The number of phenols is 1. The summed E-state index contributed by atoms with van der Waals surface area (Å²) in [6.45, 7) is 6.12. The van der Waals surface area contributed by atoms with Gasteiger partial charge in [0.05, 0.1) is 6.04 Å². The zero-order valence-corrected chi connectivity index (χ0v) is 17.0. The van der Waals surface area contributed by atoms with E-state index in [0.717, 1.165) is 40.0 Å². The average molecular weight is 383 g/mol. The average Bonchev–Trinajstić information content (AvgIpc) is 2.73. The molecule has 4 nitrogen and oxygen atoms in total. The first-order chi connectivity index (χ1) is 14.0. The first kappa shape index (κ1) is 18.9. The molecule has 4 aromatic rings. The summed E-state index contributed by atoms with van der Waals surface area (Å²) >= 11 is 0. The molecule has 0 aliphatic heterocycles. The summed E-state index contributed by atoms with van der Waals surface area (Å²) in [7, 11) is 0. The molecule has 1 atom stereocenters. The highest BCUT2D eigenvalue weighted by Crippen LogP contribution is 2.36. The van der Waals surface area contributed by atoms with Crippen LogP contribution in [0.15, 0.2) is 66.9 Å². The highest BCUT2D eigenvalue weighted by Gasteiger charge is 2.20. The van der Waals surface area contributed by atoms with Crippen LogP contribution < -0.4 is 5.32 Å². The number of fused-ring (bicyclic) bond motifs is 1. The molecule has 0 aliphatic rings. The molecule has 0 aliphatic carbocycles. The molecule has 2 N–H and O–H groups in total. The van der Waals surface area contributed by atoms with Crippen molar-refractivity contribution in [2.75, 3.05) is 5.32 Å². The van der Waals surface area contributed by atoms with Gasteiger partial charge in [0.2, 0.25) is 0 Å². The van der Waals surface area contributed by atoms with E-state index in [1.54, 1.807) is 6.20 Å². The van der Waals surface area contributed by atoms with Crippen molar-refractivity contribution in [3.8, 4) is 5.75 Å². The predicted molar refractivity (Wildman–Crippen MR) is 118 cm³/mol. The zero-order chi connectivity index (χ0) is 20.4. The van der Waals surface area contributed by atoms with Gasteiger partial charge in [-0.1, -0.05) is 49.4 Å². The van der Waals surface area contributed by atoms with Gasteiger partial charge in [0.15, 0.2) is 0 Å². The van der Waals surface area contributed by atoms with Crippen LogP contribution in [0.1, 0.15) is 40.9 Å². The van der Waals surface area contributed by atoms with E-state index in [2.05, 4.69) is 46.5 Å². The summed E-state index contributed by atoms with van der Waals surface area (Å²) < 4.78 is 0. The predicted octanol–water partition coefficient (Wildman–Crippen LogP) is 5.72. The monoisotopic (exact) mass is 383 g/mol. The summed E-state index contributed by atoms with van der Waals surface area (Å²) in [5.41, 5.74) is 5.75. The van der Waals surface area contributed by atoms with Crippen molar-refractivity contribution in [1.29, 1.82) is 0 Å². The topological polar surface area (TPSA) is 58.0 Å². The fourth-order valence-electron chi connectivity index (χ4n) is 3.57. The Morgan fingerprint density at radius 1 is 0.966 bits per heavy atom. The van der Waals surface area contributed by atoms with Crippen LogP contribution in [0.2, 0.25) is 0 Å². The molecular weight excluding hydrogens is 358 g/mol. The van der Waals surface area contributed by atoms with E-state index in [1.165, 1.54) is 5.56 Å². The lowest BCUT2D eigenvalue weighted by atomic mass is 9.95. The molecule has 4 rings (SSSR count). The van der Waals surface area contributed by atoms with Crippen LogP contribution in [-0.4, -0.2) is 15.1 Å². The van der Waals surface area contributed by atoms with Crippen molar-refractivity contribution in [2.24, 2.45) is 0 Å². The van der Waals surface area contributed by atoms with Crippen molar-refractivity contribution in [1.82, 2.24) is 9.97 Å². The van der Waals surface area contributed by atoms with Gasteiger partial charge in [-0.25, -0.2) is 9.97 Å². The third-order valence-corrected chi connectivity index (χ3v) is 5.25. The second-order valence-electron chi connectivity index (χ2n) is 7.42. The summed E-state index contributed by atoms with van der Waals surface area (Å²) in [5, 5.41) is 15.5. The molecule has 4 heteroatoms. The summed E-state index contributed by atoms with van der Waals surface area (Å²) in [5.74, 6) is 0.974. The Hall–Kier alpha value is -3.40. The van der Waals surface area contributed by atoms with Gasteiger partial charge in [-0.2, -0.15) is 0 Å². The lowest BCUT2D eigenvalue weighted by molar-refractivity contribution is 0.471. The number of aryl methyl sites for hydroxylation is 3. The number of aromatic nitrogens is 2. The highest BCUT2D eigenvalue weighted by molar-refractivity contribution is 5.86. The minimum atomic E-state index is -0.248. The van der Waals surface area contributed by atoms with Gasteiger partial charge >= 0.3 is 0 Å². The Balaban J connectivity index is 1.84. The minimum absolute atomic E-state index is 0.205. The Labute approximate surface area is 171 Å². The number of rotatable bonds is 5. The van der Waals surface area contributed by atoms with E-state index in [-0.39, 0.29) is 11.8 Å². The Morgan fingerprint density at radius 2 is 1.72 bits per heavy atom. The van der Waals surface area contributed by atoms with Crippen molar-refractivity contribution >= 4 is 16.7 Å². The van der Waals surface area contributed by atoms with Crippen molar-refractivity contribution < 1.29 is 5.11 Å². The smallest absolute Gasteiger partial charge is 0.147 e. The number of hydrogen-bond acceptors (Lipinski definition) is 4. The quantitative estimate of drug-likeness (QED) is 0.463. The molecule has 0 spiro atoms. The maximum Gasteiger partial charge on any atom is 0.147 e. The number of aromatic hydroxyl groups is 1. The molecule has 0 radical (unpaired) electrons. The molecule has 29 heavy (non-hydrogen) atoms. The van der Waals surface area contributed by atoms with Crippen LogP contribution >= 0.6 is 0 Å². The molecule has 146 valence electrons. The third kappa shape index (κ3) is 3.92. The van der Waals surface area contributed by atoms with E-state index >= 15 is 0 Å². The normalized spacial score (nSPS) is 12.1. The number of phenolic OH excluding ortho intramolecular Hbond substituents is 1. The van der Waals surface area contributed by atoms with Gasteiger partial charge in [0, 0.05) is 22.8 Å². The van der Waals surface area contributed by atoms with Gasteiger partial charge in [0.1, 0.15) is 17.1 Å². The van der Waals surface area contributed by atoms with Crippen molar-refractivity contribution in [3.05, 3.63) is 94.8 Å². The standard InChI is InChI=1S/C25H25N3O/c1-4-18-6-9-19(10-7-18)23(28-22-15-16(2)13-14-26-22)21-12-11-20-8-5-17(3)27-24(20)25(21)29/h5-15,23,29H,4H2,1-3H3,(H,26,28). The maximum atomic E-state index is 11.1. The third-order valence-electron chi connectivity index (χ3n) is 5.25. The van der Waals surface area contributed by atoms with Gasteiger partial charge in [0.25, 0.3) is 0 Å². The molecule has 0 saturated heterocycles. The SMILES string of the molecule is CCc1ccc(C(Nc2cc(C)ccn2)c2ccc3ccc(C)nc3c2O)cc1. The summed E-state index contributed by atoms with van der Waals surface area (Å²) in [6, 6.07) is 20.1. The van der Waals surface area contributed by atoms with Crippen LogP contribution in [0.5, 0.6) is 5.75 Å². The highest BCUT2D eigenvalue weighted by atomic mass is 16.3. The number of benzene rings is 2. The summed E-state index contributed by atoms with van der Waals surface area (Å²) in [4.78, 5) is 9.03. The Kier molecular flexibility index (Phi) is 5.17. The molecule has 2 aromatic heterocycles. The van der Waals surface area contributed by atoms with Crippen LogP contribution in [0.4, 0.5) is 5.82 Å². The van der Waals surface area contributed by atoms with Crippen LogP contribution in [-0.2, 0) is 6.42 Å². The molecule has 0 saturated carbocycles. The molecule has 1 unspecified atom stereocenters. The molecule has 0 fully saturated rings. The summed E-state index contributed by atoms with van der Waals surface area (Å²) in [6.07, 6.45) is 2.78. The first-order valence-corrected chi connectivity index (χ1v) is 9.92. The van der Waals surface area contributed by atoms with Gasteiger partial charge in [-0.15, -0.1) is 0 Å². The Morgan fingerprint density at radius 3 is 2.45 bits per heavy atom. The van der Waals surface area contributed by atoms with E-state index in [4.69, 9.17) is 0 Å². The number of hydrogen-bond donors (Lipinski definition) is 2. The molecule has 0 bridgehead atoms. The van der Waals surface area contributed by atoms with Crippen molar-refractivity contribution in [3.63, 3.8) is 0 Å². The molecule has 2 heterocycles.